The van der Waals surface area contributed by atoms with Crippen molar-refractivity contribution in [1.29, 1.82) is 0 Å². The fourth-order valence-corrected chi connectivity index (χ4v) is 2.95. The van der Waals surface area contributed by atoms with Crippen LogP contribution < -0.4 is 5.32 Å². The zero-order chi connectivity index (χ0) is 14.1. The van der Waals surface area contributed by atoms with Gasteiger partial charge in [-0.3, -0.25) is 9.88 Å². The predicted octanol–water partition coefficient (Wildman–Crippen LogP) is 3.48. The molecule has 1 unspecified atom stereocenters. The van der Waals surface area contributed by atoms with Gasteiger partial charge in [-0.2, -0.15) is 11.8 Å². The van der Waals surface area contributed by atoms with Crippen LogP contribution in [0.3, 0.4) is 0 Å². The maximum atomic E-state index is 4.48. The molecular formula is C15H27N3S. The molecule has 0 bridgehead atoms. The molecular weight excluding hydrogens is 254 g/mol. The van der Waals surface area contributed by atoms with Gasteiger partial charge in [-0.1, -0.05) is 13.8 Å². The highest BCUT2D eigenvalue weighted by atomic mass is 32.2. The Morgan fingerprint density at radius 1 is 1.42 bits per heavy atom. The van der Waals surface area contributed by atoms with E-state index in [1.165, 1.54) is 17.9 Å². The second kappa shape index (κ2) is 9.21. The largest absolute Gasteiger partial charge is 0.385 e. The molecule has 0 amide bonds. The summed E-state index contributed by atoms with van der Waals surface area (Å²) < 4.78 is 0. The third kappa shape index (κ3) is 5.83. The molecule has 1 aromatic heterocycles. The topological polar surface area (TPSA) is 28.2 Å². The number of hydrogen-bond donors (Lipinski definition) is 1. The number of aromatic nitrogens is 1. The summed E-state index contributed by atoms with van der Waals surface area (Å²) in [6.07, 6.45) is 6.40. The van der Waals surface area contributed by atoms with Crippen molar-refractivity contribution in [3.8, 4) is 0 Å². The summed E-state index contributed by atoms with van der Waals surface area (Å²) in [5, 5.41) is 3.41. The lowest BCUT2D eigenvalue weighted by molar-refractivity contribution is 0.245. The molecule has 0 radical (unpaired) electrons. The minimum atomic E-state index is 0.629. The van der Waals surface area contributed by atoms with Crippen molar-refractivity contribution in [3.05, 3.63) is 24.0 Å². The second-order valence-electron chi connectivity index (χ2n) is 4.90. The van der Waals surface area contributed by atoms with E-state index in [1.54, 1.807) is 0 Å². The van der Waals surface area contributed by atoms with Crippen LogP contribution in [0, 0.1) is 0 Å². The van der Waals surface area contributed by atoms with Crippen LogP contribution in [0.25, 0.3) is 0 Å². The fraction of sp³-hybridized carbons (Fsp3) is 0.667. The van der Waals surface area contributed by atoms with Crippen LogP contribution in [-0.4, -0.2) is 41.5 Å². The van der Waals surface area contributed by atoms with Crippen molar-refractivity contribution in [2.45, 2.75) is 39.3 Å². The third-order valence-electron chi connectivity index (χ3n) is 3.26. The standard InChI is InChI=1S/C15H27N3S/c1-5-8-16-13-7-9-17-14(10-13)11-18(3)15(6-2)12-19-4/h7,9-10,15H,5-6,8,11-12H2,1-4H3,(H,16,17). The van der Waals surface area contributed by atoms with Crippen LogP contribution in [0.1, 0.15) is 32.4 Å². The maximum absolute atomic E-state index is 4.48. The SMILES string of the molecule is CCCNc1ccnc(CN(C)C(CC)CSC)c1. The molecule has 1 aromatic rings. The summed E-state index contributed by atoms with van der Waals surface area (Å²) in [7, 11) is 2.19. The van der Waals surface area contributed by atoms with Gasteiger partial charge in [0.25, 0.3) is 0 Å². The molecule has 0 aromatic carbocycles. The van der Waals surface area contributed by atoms with E-state index in [4.69, 9.17) is 0 Å². The van der Waals surface area contributed by atoms with Gasteiger partial charge in [0.1, 0.15) is 0 Å². The number of rotatable bonds is 9. The average molecular weight is 281 g/mol. The Morgan fingerprint density at radius 3 is 2.84 bits per heavy atom. The van der Waals surface area contributed by atoms with Crippen molar-refractivity contribution in [2.75, 3.05) is 30.9 Å². The Balaban J connectivity index is 2.59. The molecule has 0 aliphatic heterocycles. The van der Waals surface area contributed by atoms with E-state index in [9.17, 15) is 0 Å². The summed E-state index contributed by atoms with van der Waals surface area (Å²) in [6, 6.07) is 4.83. The van der Waals surface area contributed by atoms with E-state index in [-0.39, 0.29) is 0 Å². The Labute approximate surface area is 122 Å². The Hall–Kier alpha value is -0.740. The van der Waals surface area contributed by atoms with Crippen molar-refractivity contribution >= 4 is 17.4 Å². The minimum absolute atomic E-state index is 0.629. The lowest BCUT2D eigenvalue weighted by atomic mass is 10.2. The highest BCUT2D eigenvalue weighted by Crippen LogP contribution is 2.14. The van der Waals surface area contributed by atoms with Gasteiger partial charge in [-0.05, 0) is 38.3 Å². The molecule has 0 spiro atoms. The smallest absolute Gasteiger partial charge is 0.0564 e. The van der Waals surface area contributed by atoms with E-state index in [1.807, 2.05) is 24.0 Å². The molecule has 108 valence electrons. The fourth-order valence-electron chi connectivity index (χ4n) is 2.08. The number of nitrogens with one attached hydrogen (secondary N) is 1. The summed E-state index contributed by atoms with van der Waals surface area (Å²) in [6.45, 7) is 6.37. The van der Waals surface area contributed by atoms with Gasteiger partial charge in [0, 0.05) is 36.8 Å². The van der Waals surface area contributed by atoms with Crippen LogP contribution >= 0.6 is 11.8 Å². The summed E-state index contributed by atoms with van der Waals surface area (Å²) in [5.41, 5.74) is 2.32. The lowest BCUT2D eigenvalue weighted by Crippen LogP contribution is -2.32. The van der Waals surface area contributed by atoms with E-state index >= 15 is 0 Å². The van der Waals surface area contributed by atoms with Crippen LogP contribution in [0.4, 0.5) is 5.69 Å². The maximum Gasteiger partial charge on any atom is 0.0564 e. The molecule has 1 rings (SSSR count). The Morgan fingerprint density at radius 2 is 2.21 bits per heavy atom. The Bertz CT molecular complexity index is 357. The van der Waals surface area contributed by atoms with Crippen LogP contribution in [0.5, 0.6) is 0 Å². The van der Waals surface area contributed by atoms with Gasteiger partial charge in [-0.25, -0.2) is 0 Å². The molecule has 0 aliphatic carbocycles. The van der Waals surface area contributed by atoms with Crippen LogP contribution in [0.2, 0.25) is 0 Å². The molecule has 1 heterocycles. The molecule has 19 heavy (non-hydrogen) atoms. The van der Waals surface area contributed by atoms with E-state index in [0.29, 0.717) is 6.04 Å². The van der Waals surface area contributed by atoms with Crippen molar-refractivity contribution in [1.82, 2.24) is 9.88 Å². The number of pyridine rings is 1. The van der Waals surface area contributed by atoms with Gasteiger partial charge in [-0.15, -0.1) is 0 Å². The molecule has 4 heteroatoms. The summed E-state index contributed by atoms with van der Waals surface area (Å²) in [4.78, 5) is 6.88. The molecule has 1 atom stereocenters. The molecule has 0 fully saturated rings. The lowest BCUT2D eigenvalue weighted by Gasteiger charge is -2.26. The highest BCUT2D eigenvalue weighted by Gasteiger charge is 2.12. The quantitative estimate of drug-likeness (QED) is 0.750. The number of hydrogen-bond acceptors (Lipinski definition) is 4. The number of nitrogens with zero attached hydrogens (tertiary/aromatic N) is 2. The first kappa shape index (κ1) is 16.3. The van der Waals surface area contributed by atoms with Crippen molar-refractivity contribution in [3.63, 3.8) is 0 Å². The predicted molar refractivity (Wildman–Crippen MR) is 86.9 cm³/mol. The zero-order valence-corrected chi connectivity index (χ0v) is 13.5. The van der Waals surface area contributed by atoms with Gasteiger partial charge in [0.05, 0.1) is 5.69 Å². The zero-order valence-electron chi connectivity index (χ0n) is 12.6. The molecule has 3 nitrogen and oxygen atoms in total. The van der Waals surface area contributed by atoms with Gasteiger partial charge >= 0.3 is 0 Å². The first-order valence-corrected chi connectivity index (χ1v) is 8.48. The first-order valence-electron chi connectivity index (χ1n) is 7.09. The van der Waals surface area contributed by atoms with E-state index in [0.717, 1.165) is 25.2 Å². The molecule has 1 N–H and O–H groups in total. The third-order valence-corrected chi connectivity index (χ3v) is 3.98. The van der Waals surface area contributed by atoms with E-state index < -0.39 is 0 Å². The minimum Gasteiger partial charge on any atom is -0.385 e. The monoisotopic (exact) mass is 281 g/mol. The molecule has 0 saturated heterocycles. The molecule has 0 saturated carbocycles. The van der Waals surface area contributed by atoms with E-state index in [2.05, 4.69) is 48.4 Å². The van der Waals surface area contributed by atoms with Crippen molar-refractivity contribution < 1.29 is 0 Å². The Kier molecular flexibility index (Phi) is 7.91. The number of thioether (sulfide) groups is 1. The normalized spacial score (nSPS) is 12.7. The number of anilines is 1. The average Bonchev–Trinajstić information content (AvgIpc) is 2.42. The summed E-state index contributed by atoms with van der Waals surface area (Å²) >= 11 is 1.91. The van der Waals surface area contributed by atoms with Crippen LogP contribution in [0.15, 0.2) is 18.3 Å². The van der Waals surface area contributed by atoms with Gasteiger partial charge in [0.15, 0.2) is 0 Å². The second-order valence-corrected chi connectivity index (χ2v) is 5.81. The van der Waals surface area contributed by atoms with Gasteiger partial charge in [0.2, 0.25) is 0 Å². The highest BCUT2D eigenvalue weighted by molar-refractivity contribution is 7.98. The first-order chi connectivity index (χ1) is 9.21. The van der Waals surface area contributed by atoms with Gasteiger partial charge < -0.3 is 5.32 Å². The molecule has 0 aliphatic rings. The van der Waals surface area contributed by atoms with Crippen molar-refractivity contribution in [2.24, 2.45) is 0 Å². The summed E-state index contributed by atoms with van der Waals surface area (Å²) in [5.74, 6) is 1.18. The van der Waals surface area contributed by atoms with Crippen LogP contribution in [-0.2, 0) is 6.54 Å².